The molecule has 286 valence electrons. The first-order valence-corrected chi connectivity index (χ1v) is 22.3. The molecule has 0 saturated heterocycles. The first-order chi connectivity index (χ1) is 28.7. The lowest BCUT2D eigenvalue weighted by Crippen LogP contribution is -2.56. The molecule has 0 bridgehead atoms. The minimum Gasteiger partial charge on any atom is -0.436 e. The van der Waals surface area contributed by atoms with Crippen LogP contribution in [0.25, 0.3) is 66.6 Å². The average Bonchev–Trinajstić information content (AvgIpc) is 3.97. The standard InChI is InChI=1S/C54H44N2O2Si/c1-35-29-31-46-44(33-35)55-52(57-46)42-27-17-15-25-40(42)50-48(37-19-9-6-10-20-37)49(38-21-11-7-12-22-38)51(59(50,54(3,4)5)39-23-13-8-14-24-39)41-26-16-18-28-43(41)53-56-45-34-36(2)30-32-47(45)58-53/h6-34H,1-5H3. The number of oxazole rings is 2. The largest absolute Gasteiger partial charge is 0.436 e. The van der Waals surface area contributed by atoms with Gasteiger partial charge in [-0.15, -0.1) is 0 Å². The Morgan fingerprint density at radius 1 is 0.424 bits per heavy atom. The van der Waals surface area contributed by atoms with E-state index in [2.05, 4.69) is 198 Å². The molecule has 4 nitrogen and oxygen atoms in total. The molecule has 0 radical (unpaired) electrons. The van der Waals surface area contributed by atoms with E-state index in [-0.39, 0.29) is 5.04 Å². The van der Waals surface area contributed by atoms with E-state index >= 15 is 0 Å². The number of aromatic nitrogens is 2. The number of hydrogen-bond donors (Lipinski definition) is 0. The molecular weight excluding hydrogens is 737 g/mol. The highest BCUT2D eigenvalue weighted by Crippen LogP contribution is 2.64. The van der Waals surface area contributed by atoms with Crippen LogP contribution >= 0.6 is 0 Å². The highest BCUT2D eigenvalue weighted by molar-refractivity contribution is 7.23. The highest BCUT2D eigenvalue weighted by Gasteiger charge is 2.59. The van der Waals surface area contributed by atoms with Crippen LogP contribution in [0.2, 0.25) is 5.04 Å². The molecule has 0 N–H and O–H groups in total. The minimum atomic E-state index is -3.25. The van der Waals surface area contributed by atoms with Crippen molar-refractivity contribution in [2.24, 2.45) is 0 Å². The fourth-order valence-corrected chi connectivity index (χ4v) is 15.9. The van der Waals surface area contributed by atoms with Crippen molar-refractivity contribution in [2.75, 3.05) is 0 Å². The van der Waals surface area contributed by atoms with E-state index in [9.17, 15) is 0 Å². The van der Waals surface area contributed by atoms with E-state index in [1.807, 2.05) is 12.1 Å². The Bertz CT molecular complexity index is 2910. The quantitative estimate of drug-likeness (QED) is 0.151. The molecule has 0 fully saturated rings. The average molecular weight is 781 g/mol. The van der Waals surface area contributed by atoms with Crippen molar-refractivity contribution in [2.45, 2.75) is 39.7 Å². The van der Waals surface area contributed by atoms with Crippen LogP contribution in [0, 0.1) is 13.8 Å². The summed E-state index contributed by atoms with van der Waals surface area (Å²) in [6, 6.07) is 63.2. The maximum Gasteiger partial charge on any atom is 0.227 e. The molecule has 1 aliphatic heterocycles. The van der Waals surface area contributed by atoms with Crippen LogP contribution in [-0.2, 0) is 0 Å². The summed E-state index contributed by atoms with van der Waals surface area (Å²) >= 11 is 0. The number of aryl methyl sites for hydroxylation is 2. The predicted molar refractivity (Wildman–Crippen MR) is 246 cm³/mol. The van der Waals surface area contributed by atoms with Gasteiger partial charge in [-0.1, -0.05) is 160 Å². The fraction of sp³-hybridized carbons (Fsp3) is 0.111. The van der Waals surface area contributed by atoms with E-state index in [1.54, 1.807) is 0 Å². The zero-order valence-electron chi connectivity index (χ0n) is 34.0. The molecule has 0 saturated carbocycles. The summed E-state index contributed by atoms with van der Waals surface area (Å²) in [6.45, 7) is 11.5. The van der Waals surface area contributed by atoms with Crippen LogP contribution in [-0.4, -0.2) is 18.0 Å². The molecule has 5 heteroatoms. The molecule has 0 aliphatic carbocycles. The van der Waals surface area contributed by atoms with Crippen LogP contribution in [0.15, 0.2) is 185 Å². The summed E-state index contributed by atoms with van der Waals surface area (Å²) in [5.41, 5.74) is 14.5. The molecule has 10 rings (SSSR count). The molecule has 7 aromatic carbocycles. The second kappa shape index (κ2) is 14.2. The lowest BCUT2D eigenvalue weighted by atomic mass is 9.88. The Kier molecular flexibility index (Phi) is 8.80. The molecule has 0 spiro atoms. The number of allylic oxidation sites excluding steroid dienone is 2. The number of fused-ring (bicyclic) bond motifs is 2. The summed E-state index contributed by atoms with van der Waals surface area (Å²) < 4.78 is 13.4. The zero-order valence-corrected chi connectivity index (χ0v) is 35.0. The van der Waals surface area contributed by atoms with E-state index in [0.29, 0.717) is 11.8 Å². The van der Waals surface area contributed by atoms with E-state index in [0.717, 1.165) is 66.7 Å². The number of nitrogens with zero attached hydrogens (tertiary/aromatic N) is 2. The minimum absolute atomic E-state index is 0.285. The maximum absolute atomic E-state index is 6.69. The Morgan fingerprint density at radius 3 is 1.20 bits per heavy atom. The molecule has 0 amide bonds. The molecule has 0 unspecified atom stereocenters. The molecule has 0 atom stereocenters. The summed E-state index contributed by atoms with van der Waals surface area (Å²) in [6.07, 6.45) is 0. The normalized spacial score (nSPS) is 14.2. The smallest absolute Gasteiger partial charge is 0.227 e. The van der Waals surface area contributed by atoms with Crippen molar-refractivity contribution in [3.8, 4) is 22.9 Å². The molecule has 9 aromatic rings. The summed E-state index contributed by atoms with van der Waals surface area (Å²) in [4.78, 5) is 10.4. The van der Waals surface area contributed by atoms with Gasteiger partial charge in [-0.3, -0.25) is 0 Å². The van der Waals surface area contributed by atoms with Crippen LogP contribution in [0.5, 0.6) is 0 Å². The van der Waals surface area contributed by atoms with Crippen molar-refractivity contribution in [3.63, 3.8) is 0 Å². The Labute approximate surface area is 346 Å². The monoisotopic (exact) mass is 780 g/mol. The summed E-state index contributed by atoms with van der Waals surface area (Å²) in [7, 11) is -3.25. The number of hydrogen-bond acceptors (Lipinski definition) is 4. The SMILES string of the molecule is Cc1ccc2oc(-c3ccccc3C3=C(c4ccccc4)C(c4ccccc4)=C(c4ccccc4-c4nc5cc(C)ccc5o4)[Si]3(c3ccccc3)C(C)(C)C)nc2c1. The summed E-state index contributed by atoms with van der Waals surface area (Å²) in [5, 5.41) is 3.69. The van der Waals surface area contributed by atoms with Gasteiger partial charge < -0.3 is 8.83 Å². The van der Waals surface area contributed by atoms with Gasteiger partial charge >= 0.3 is 0 Å². The number of rotatable bonds is 7. The van der Waals surface area contributed by atoms with Crippen molar-refractivity contribution in [3.05, 3.63) is 209 Å². The Balaban J connectivity index is 1.40. The molecular formula is C54H44N2O2Si. The van der Waals surface area contributed by atoms with Gasteiger partial charge in [-0.05, 0) is 115 Å². The second-order valence-corrected chi connectivity index (χ2v) is 21.2. The van der Waals surface area contributed by atoms with Gasteiger partial charge in [0.25, 0.3) is 0 Å². The van der Waals surface area contributed by atoms with Gasteiger partial charge in [-0.2, -0.15) is 0 Å². The van der Waals surface area contributed by atoms with Crippen molar-refractivity contribution in [1.29, 1.82) is 0 Å². The third kappa shape index (κ3) is 5.95. The van der Waals surface area contributed by atoms with Gasteiger partial charge in [0.2, 0.25) is 11.8 Å². The number of benzene rings is 7. The van der Waals surface area contributed by atoms with Gasteiger partial charge in [0.05, 0.1) is 0 Å². The van der Waals surface area contributed by atoms with Crippen molar-refractivity contribution < 1.29 is 8.83 Å². The van der Waals surface area contributed by atoms with Crippen LogP contribution in [0.1, 0.15) is 54.2 Å². The second-order valence-electron chi connectivity index (χ2n) is 16.7. The van der Waals surface area contributed by atoms with Crippen molar-refractivity contribution in [1.82, 2.24) is 9.97 Å². The molecule has 59 heavy (non-hydrogen) atoms. The molecule has 1 aliphatic rings. The lowest BCUT2D eigenvalue weighted by Gasteiger charge is -2.46. The van der Waals surface area contributed by atoms with E-state index < -0.39 is 8.07 Å². The highest BCUT2D eigenvalue weighted by atomic mass is 28.3. The van der Waals surface area contributed by atoms with Gasteiger partial charge in [0, 0.05) is 11.1 Å². The first-order valence-electron chi connectivity index (χ1n) is 20.3. The third-order valence-electron chi connectivity index (χ3n) is 11.9. The third-order valence-corrected chi connectivity index (χ3v) is 17.9. The summed E-state index contributed by atoms with van der Waals surface area (Å²) in [5.74, 6) is 1.23. The first kappa shape index (κ1) is 36.5. The van der Waals surface area contributed by atoms with E-state index in [1.165, 1.54) is 26.7 Å². The van der Waals surface area contributed by atoms with Crippen LogP contribution in [0.3, 0.4) is 0 Å². The zero-order chi connectivity index (χ0) is 40.3. The predicted octanol–water partition coefficient (Wildman–Crippen LogP) is 13.7. The molecule has 3 heterocycles. The Hall–Kier alpha value is -6.82. The molecule has 2 aromatic heterocycles. The Morgan fingerprint density at radius 2 is 0.797 bits per heavy atom. The van der Waals surface area contributed by atoms with Gasteiger partial charge in [-0.25, -0.2) is 9.97 Å². The lowest BCUT2D eigenvalue weighted by molar-refractivity contribution is 0.619. The fourth-order valence-electron chi connectivity index (χ4n) is 9.45. The van der Waals surface area contributed by atoms with Crippen LogP contribution < -0.4 is 5.19 Å². The topological polar surface area (TPSA) is 52.1 Å². The van der Waals surface area contributed by atoms with Gasteiger partial charge in [0.1, 0.15) is 11.0 Å². The maximum atomic E-state index is 6.69. The van der Waals surface area contributed by atoms with Gasteiger partial charge in [0.15, 0.2) is 19.2 Å². The van der Waals surface area contributed by atoms with Crippen LogP contribution in [0.4, 0.5) is 0 Å². The van der Waals surface area contributed by atoms with E-state index in [4.69, 9.17) is 18.8 Å². The van der Waals surface area contributed by atoms with Crippen molar-refractivity contribution >= 4 is 57.0 Å².